The predicted molar refractivity (Wildman–Crippen MR) is 99.6 cm³/mol. The summed E-state index contributed by atoms with van der Waals surface area (Å²) >= 11 is 0. The van der Waals surface area contributed by atoms with Gasteiger partial charge in [-0.15, -0.1) is 0 Å². The Morgan fingerprint density at radius 3 is 2.00 bits per heavy atom. The fourth-order valence-corrected chi connectivity index (χ4v) is 3.78. The summed E-state index contributed by atoms with van der Waals surface area (Å²) in [6, 6.07) is 13.6. The van der Waals surface area contributed by atoms with Gasteiger partial charge < -0.3 is 9.47 Å². The monoisotopic (exact) mass is 324 g/mol. The normalized spacial score (nSPS) is 19.1. The molecule has 1 heterocycles. The summed E-state index contributed by atoms with van der Waals surface area (Å²) in [6.07, 6.45) is 2.09. The molecule has 128 valence electrons. The largest absolute Gasteiger partial charge is 0.375 e. The van der Waals surface area contributed by atoms with E-state index in [1.807, 2.05) is 7.11 Å². The average molecular weight is 324 g/mol. The number of rotatable bonds is 6. The molecular weight excluding hydrogens is 296 g/mol. The Morgan fingerprint density at radius 2 is 1.50 bits per heavy atom. The second-order valence-electron chi connectivity index (χ2n) is 7.20. The van der Waals surface area contributed by atoms with Crippen molar-refractivity contribution in [1.82, 2.24) is 0 Å². The summed E-state index contributed by atoms with van der Waals surface area (Å²) in [5, 5.41) is 0. The van der Waals surface area contributed by atoms with E-state index in [1.54, 1.807) is 0 Å². The standard InChI is InChI=1S/C22H28O2/c1-6-22(23-5,21-14-24-21)13-18-8-17(4)11-20(12-18)19-9-15(2)7-16(3)10-19/h7-12,21H,6,13-14H2,1-5H3. The molecule has 0 radical (unpaired) electrons. The molecule has 1 aliphatic rings. The summed E-state index contributed by atoms with van der Waals surface area (Å²) < 4.78 is 11.5. The minimum atomic E-state index is -0.201. The number of epoxide rings is 1. The highest BCUT2D eigenvalue weighted by Crippen LogP contribution is 2.35. The van der Waals surface area contributed by atoms with Crippen LogP contribution in [0.2, 0.25) is 0 Å². The summed E-state index contributed by atoms with van der Waals surface area (Å²) in [7, 11) is 1.81. The van der Waals surface area contributed by atoms with Gasteiger partial charge in [-0.05, 0) is 43.9 Å². The van der Waals surface area contributed by atoms with Crippen LogP contribution in [0.5, 0.6) is 0 Å². The van der Waals surface area contributed by atoms with Gasteiger partial charge in [-0.2, -0.15) is 0 Å². The molecule has 0 saturated carbocycles. The number of aryl methyl sites for hydroxylation is 3. The van der Waals surface area contributed by atoms with E-state index in [2.05, 4.69) is 64.1 Å². The minimum Gasteiger partial charge on any atom is -0.375 e. The Balaban J connectivity index is 1.97. The van der Waals surface area contributed by atoms with Gasteiger partial charge in [-0.1, -0.05) is 60.0 Å². The highest BCUT2D eigenvalue weighted by molar-refractivity contribution is 5.67. The maximum absolute atomic E-state index is 5.91. The van der Waals surface area contributed by atoms with Crippen LogP contribution in [0.1, 0.15) is 35.6 Å². The van der Waals surface area contributed by atoms with Crippen molar-refractivity contribution < 1.29 is 9.47 Å². The van der Waals surface area contributed by atoms with E-state index in [0.717, 1.165) is 19.4 Å². The van der Waals surface area contributed by atoms with Crippen molar-refractivity contribution in [1.29, 1.82) is 0 Å². The molecule has 2 aromatic rings. The van der Waals surface area contributed by atoms with Crippen molar-refractivity contribution in [2.24, 2.45) is 0 Å². The Bertz CT molecular complexity index is 704. The van der Waals surface area contributed by atoms with E-state index in [9.17, 15) is 0 Å². The number of hydrogen-bond acceptors (Lipinski definition) is 2. The lowest BCUT2D eigenvalue weighted by molar-refractivity contribution is -0.0349. The zero-order chi connectivity index (χ0) is 17.3. The molecule has 0 aliphatic carbocycles. The first-order chi connectivity index (χ1) is 11.5. The molecule has 1 saturated heterocycles. The third-order valence-corrected chi connectivity index (χ3v) is 5.12. The van der Waals surface area contributed by atoms with Crippen LogP contribution < -0.4 is 0 Å². The third kappa shape index (κ3) is 3.55. The molecule has 2 aromatic carbocycles. The molecule has 24 heavy (non-hydrogen) atoms. The molecule has 2 atom stereocenters. The fraction of sp³-hybridized carbons (Fsp3) is 0.455. The van der Waals surface area contributed by atoms with Gasteiger partial charge in [-0.3, -0.25) is 0 Å². The van der Waals surface area contributed by atoms with E-state index < -0.39 is 0 Å². The zero-order valence-corrected chi connectivity index (χ0v) is 15.5. The highest BCUT2D eigenvalue weighted by atomic mass is 16.6. The number of methoxy groups -OCH3 is 1. The number of ether oxygens (including phenoxy) is 2. The van der Waals surface area contributed by atoms with Gasteiger partial charge in [0.15, 0.2) is 0 Å². The summed E-state index contributed by atoms with van der Waals surface area (Å²) in [6.45, 7) is 9.49. The van der Waals surface area contributed by atoms with Gasteiger partial charge in [-0.25, -0.2) is 0 Å². The zero-order valence-electron chi connectivity index (χ0n) is 15.5. The Hall–Kier alpha value is -1.64. The quantitative estimate of drug-likeness (QED) is 0.696. The Kier molecular flexibility index (Phi) is 4.80. The van der Waals surface area contributed by atoms with E-state index in [4.69, 9.17) is 9.47 Å². The van der Waals surface area contributed by atoms with E-state index >= 15 is 0 Å². The van der Waals surface area contributed by atoms with Crippen LogP contribution in [0.4, 0.5) is 0 Å². The van der Waals surface area contributed by atoms with Gasteiger partial charge >= 0.3 is 0 Å². The molecule has 0 N–H and O–H groups in total. The second kappa shape index (κ2) is 6.70. The smallest absolute Gasteiger partial charge is 0.110 e. The number of benzene rings is 2. The van der Waals surface area contributed by atoms with Crippen molar-refractivity contribution >= 4 is 0 Å². The van der Waals surface area contributed by atoms with Gasteiger partial charge in [0, 0.05) is 13.5 Å². The lowest BCUT2D eigenvalue weighted by atomic mass is 9.86. The molecule has 0 bridgehead atoms. The lowest BCUT2D eigenvalue weighted by Gasteiger charge is -2.30. The molecule has 0 aromatic heterocycles. The molecular formula is C22H28O2. The number of hydrogen-bond donors (Lipinski definition) is 0. The molecule has 3 rings (SSSR count). The first-order valence-electron chi connectivity index (χ1n) is 8.82. The van der Waals surface area contributed by atoms with Crippen LogP contribution in [-0.2, 0) is 15.9 Å². The van der Waals surface area contributed by atoms with Crippen molar-refractivity contribution in [3.63, 3.8) is 0 Å². The average Bonchev–Trinajstić information content (AvgIpc) is 3.36. The molecule has 0 amide bonds. The maximum atomic E-state index is 5.91. The third-order valence-electron chi connectivity index (χ3n) is 5.12. The Labute approximate surface area is 145 Å². The van der Waals surface area contributed by atoms with Crippen molar-refractivity contribution in [3.05, 3.63) is 58.7 Å². The fourth-order valence-electron chi connectivity index (χ4n) is 3.78. The van der Waals surface area contributed by atoms with Crippen LogP contribution in [-0.4, -0.2) is 25.4 Å². The van der Waals surface area contributed by atoms with Gasteiger partial charge in [0.25, 0.3) is 0 Å². The second-order valence-corrected chi connectivity index (χ2v) is 7.20. The molecule has 2 heteroatoms. The topological polar surface area (TPSA) is 21.8 Å². The summed E-state index contributed by atoms with van der Waals surface area (Å²) in [5.74, 6) is 0. The van der Waals surface area contributed by atoms with Gasteiger partial charge in [0.1, 0.15) is 6.10 Å². The highest BCUT2D eigenvalue weighted by Gasteiger charge is 2.46. The molecule has 1 fully saturated rings. The Morgan fingerprint density at radius 1 is 0.958 bits per heavy atom. The molecule has 1 aliphatic heterocycles. The van der Waals surface area contributed by atoms with E-state index in [0.29, 0.717) is 0 Å². The summed E-state index contributed by atoms with van der Waals surface area (Å²) in [4.78, 5) is 0. The van der Waals surface area contributed by atoms with Crippen LogP contribution in [0.15, 0.2) is 36.4 Å². The summed E-state index contributed by atoms with van der Waals surface area (Å²) in [5.41, 5.74) is 7.60. The first kappa shape index (κ1) is 17.2. The maximum Gasteiger partial charge on any atom is 0.110 e. The molecule has 0 spiro atoms. The van der Waals surface area contributed by atoms with E-state index in [-0.39, 0.29) is 11.7 Å². The minimum absolute atomic E-state index is 0.201. The van der Waals surface area contributed by atoms with Crippen molar-refractivity contribution in [2.75, 3.05) is 13.7 Å². The molecule has 2 unspecified atom stereocenters. The van der Waals surface area contributed by atoms with Crippen LogP contribution in [0.25, 0.3) is 11.1 Å². The van der Waals surface area contributed by atoms with Crippen molar-refractivity contribution in [3.8, 4) is 11.1 Å². The van der Waals surface area contributed by atoms with Crippen LogP contribution in [0.3, 0.4) is 0 Å². The van der Waals surface area contributed by atoms with E-state index in [1.165, 1.54) is 33.4 Å². The van der Waals surface area contributed by atoms with Crippen LogP contribution >= 0.6 is 0 Å². The van der Waals surface area contributed by atoms with Crippen LogP contribution in [0, 0.1) is 20.8 Å². The lowest BCUT2D eigenvalue weighted by Crippen LogP contribution is -2.39. The predicted octanol–water partition coefficient (Wildman–Crippen LogP) is 5.02. The molecule has 2 nitrogen and oxygen atoms in total. The van der Waals surface area contributed by atoms with Gasteiger partial charge in [0.2, 0.25) is 0 Å². The van der Waals surface area contributed by atoms with Gasteiger partial charge in [0.05, 0.1) is 12.2 Å². The SMILES string of the molecule is CCC(Cc1cc(C)cc(-c2cc(C)cc(C)c2)c1)(OC)C1CO1. The van der Waals surface area contributed by atoms with Crippen molar-refractivity contribution in [2.45, 2.75) is 52.2 Å². The first-order valence-corrected chi connectivity index (χ1v) is 8.82.